The largest absolute Gasteiger partial charge is 0.377 e. The molecular formula is C9H17N3O. The van der Waals surface area contributed by atoms with E-state index in [1.807, 2.05) is 6.20 Å². The minimum Gasteiger partial charge on any atom is -0.377 e. The molecule has 4 heteroatoms. The number of imidazole rings is 1. The number of nitrogens with one attached hydrogen (secondary N) is 2. The molecule has 0 aromatic carbocycles. The number of methoxy groups -OCH3 is 1. The van der Waals surface area contributed by atoms with Gasteiger partial charge in [-0.2, -0.15) is 0 Å². The number of ether oxygens (including phenoxy) is 1. The van der Waals surface area contributed by atoms with Crippen LogP contribution < -0.4 is 5.32 Å². The second kappa shape index (κ2) is 4.99. The quantitative estimate of drug-likeness (QED) is 0.717. The first-order valence-electron chi connectivity index (χ1n) is 4.47. The molecule has 1 rings (SSSR count). The first kappa shape index (κ1) is 10.2. The Morgan fingerprint density at radius 3 is 3.00 bits per heavy atom. The fourth-order valence-electron chi connectivity index (χ4n) is 1.02. The highest BCUT2D eigenvalue weighted by atomic mass is 16.5. The summed E-state index contributed by atoms with van der Waals surface area (Å²) in [5.74, 6) is 0.878. The smallest absolute Gasteiger partial charge is 0.132 e. The monoisotopic (exact) mass is 183 g/mol. The van der Waals surface area contributed by atoms with E-state index in [9.17, 15) is 0 Å². The number of hydrogen-bond acceptors (Lipinski definition) is 3. The number of aromatic nitrogens is 2. The van der Waals surface area contributed by atoms with Crippen molar-refractivity contribution in [1.82, 2.24) is 15.3 Å². The summed E-state index contributed by atoms with van der Waals surface area (Å²) in [5.41, 5.74) is 1.10. The zero-order valence-electron chi connectivity index (χ0n) is 8.42. The molecule has 0 aliphatic carbocycles. The molecule has 2 N–H and O–H groups in total. The van der Waals surface area contributed by atoms with Crippen LogP contribution in [0.4, 0.5) is 0 Å². The van der Waals surface area contributed by atoms with Crippen molar-refractivity contribution in [2.24, 2.45) is 0 Å². The highest BCUT2D eigenvalue weighted by molar-refractivity contribution is 5.00. The normalized spacial score (nSPS) is 11.1. The average molecular weight is 183 g/mol. The summed E-state index contributed by atoms with van der Waals surface area (Å²) in [7, 11) is 1.66. The van der Waals surface area contributed by atoms with Gasteiger partial charge >= 0.3 is 0 Å². The molecule has 0 spiro atoms. The molecule has 0 saturated carbocycles. The Hall–Kier alpha value is -0.870. The Labute approximate surface area is 78.7 Å². The molecule has 0 aliphatic rings. The lowest BCUT2D eigenvalue weighted by atomic mass is 10.4. The molecule has 0 amide bonds. The lowest BCUT2D eigenvalue weighted by molar-refractivity contribution is 0.178. The summed E-state index contributed by atoms with van der Waals surface area (Å²) in [5, 5.41) is 3.31. The minimum absolute atomic E-state index is 0.495. The van der Waals surface area contributed by atoms with Gasteiger partial charge in [0.15, 0.2) is 0 Å². The highest BCUT2D eigenvalue weighted by Gasteiger charge is 2.00. The summed E-state index contributed by atoms with van der Waals surface area (Å²) < 4.78 is 4.95. The highest BCUT2D eigenvalue weighted by Crippen LogP contribution is 1.98. The van der Waals surface area contributed by atoms with Crippen molar-refractivity contribution in [3.63, 3.8) is 0 Å². The number of H-pyrrole nitrogens is 1. The molecule has 0 saturated heterocycles. The van der Waals surface area contributed by atoms with Crippen LogP contribution in [-0.4, -0.2) is 23.1 Å². The van der Waals surface area contributed by atoms with E-state index in [2.05, 4.69) is 29.1 Å². The Balaban J connectivity index is 2.39. The van der Waals surface area contributed by atoms with E-state index in [0.29, 0.717) is 12.6 Å². The fraction of sp³-hybridized carbons (Fsp3) is 0.667. The molecule has 1 aromatic rings. The van der Waals surface area contributed by atoms with Crippen LogP contribution in [0.15, 0.2) is 6.20 Å². The Morgan fingerprint density at radius 2 is 2.38 bits per heavy atom. The molecule has 0 radical (unpaired) electrons. The second-order valence-electron chi connectivity index (χ2n) is 3.32. The molecule has 4 nitrogen and oxygen atoms in total. The summed E-state index contributed by atoms with van der Waals surface area (Å²) in [6.45, 7) is 5.61. The zero-order valence-corrected chi connectivity index (χ0v) is 8.42. The molecule has 0 atom stereocenters. The standard InChI is InChI=1S/C9H17N3O/c1-7(2)10-4-8-5-11-9(12-8)6-13-3/h5,7,10H,4,6H2,1-3H3,(H,11,12). The Morgan fingerprint density at radius 1 is 1.62 bits per heavy atom. The topological polar surface area (TPSA) is 49.9 Å². The molecular weight excluding hydrogens is 166 g/mol. The third kappa shape index (κ3) is 3.57. The molecule has 74 valence electrons. The van der Waals surface area contributed by atoms with Gasteiger partial charge in [0.2, 0.25) is 0 Å². The fourth-order valence-corrected chi connectivity index (χ4v) is 1.02. The summed E-state index contributed by atoms with van der Waals surface area (Å²) in [6.07, 6.45) is 1.84. The van der Waals surface area contributed by atoms with Crippen molar-refractivity contribution in [3.05, 3.63) is 17.7 Å². The lowest BCUT2D eigenvalue weighted by Crippen LogP contribution is -2.21. The van der Waals surface area contributed by atoms with E-state index in [0.717, 1.165) is 18.1 Å². The maximum absolute atomic E-state index is 4.95. The van der Waals surface area contributed by atoms with E-state index >= 15 is 0 Å². The van der Waals surface area contributed by atoms with Gasteiger partial charge in [-0.15, -0.1) is 0 Å². The Bertz CT molecular complexity index is 245. The van der Waals surface area contributed by atoms with Gasteiger partial charge in [-0.3, -0.25) is 0 Å². The summed E-state index contributed by atoms with van der Waals surface area (Å²) in [6, 6.07) is 0.495. The van der Waals surface area contributed by atoms with E-state index in [1.165, 1.54) is 0 Å². The van der Waals surface area contributed by atoms with Gasteiger partial charge in [-0.05, 0) is 0 Å². The molecule has 0 aliphatic heterocycles. The number of rotatable bonds is 5. The molecule has 13 heavy (non-hydrogen) atoms. The lowest BCUT2D eigenvalue weighted by Gasteiger charge is -2.05. The minimum atomic E-state index is 0.495. The average Bonchev–Trinajstić information content (AvgIpc) is 2.50. The van der Waals surface area contributed by atoms with Crippen LogP contribution in [0.1, 0.15) is 25.4 Å². The number of aromatic amines is 1. The molecule has 1 aromatic heterocycles. The predicted molar refractivity (Wildman–Crippen MR) is 51.3 cm³/mol. The maximum atomic E-state index is 4.95. The van der Waals surface area contributed by atoms with Crippen LogP contribution in [0.5, 0.6) is 0 Å². The van der Waals surface area contributed by atoms with E-state index in [1.54, 1.807) is 7.11 Å². The van der Waals surface area contributed by atoms with E-state index in [4.69, 9.17) is 4.74 Å². The Kier molecular flexibility index (Phi) is 3.92. The number of nitrogens with zero attached hydrogens (tertiary/aromatic N) is 1. The van der Waals surface area contributed by atoms with Gasteiger partial charge in [-0.25, -0.2) is 4.98 Å². The zero-order chi connectivity index (χ0) is 9.68. The molecule has 1 heterocycles. The summed E-state index contributed by atoms with van der Waals surface area (Å²) >= 11 is 0. The van der Waals surface area contributed by atoms with Crippen LogP contribution in [0, 0.1) is 0 Å². The first-order valence-corrected chi connectivity index (χ1v) is 4.47. The van der Waals surface area contributed by atoms with Gasteiger partial charge in [0.25, 0.3) is 0 Å². The van der Waals surface area contributed by atoms with Gasteiger partial charge in [0, 0.05) is 31.6 Å². The third-order valence-electron chi connectivity index (χ3n) is 1.66. The van der Waals surface area contributed by atoms with Crippen LogP contribution >= 0.6 is 0 Å². The van der Waals surface area contributed by atoms with Crippen molar-refractivity contribution in [2.75, 3.05) is 7.11 Å². The van der Waals surface area contributed by atoms with Crippen molar-refractivity contribution in [1.29, 1.82) is 0 Å². The van der Waals surface area contributed by atoms with E-state index < -0.39 is 0 Å². The first-order chi connectivity index (χ1) is 6.22. The SMILES string of the molecule is COCc1ncc(CNC(C)C)[nH]1. The summed E-state index contributed by atoms with van der Waals surface area (Å²) in [4.78, 5) is 7.33. The van der Waals surface area contributed by atoms with Crippen molar-refractivity contribution in [2.45, 2.75) is 33.0 Å². The van der Waals surface area contributed by atoms with Crippen molar-refractivity contribution >= 4 is 0 Å². The van der Waals surface area contributed by atoms with Crippen LogP contribution in [0.25, 0.3) is 0 Å². The van der Waals surface area contributed by atoms with Crippen LogP contribution in [0.2, 0.25) is 0 Å². The number of hydrogen-bond donors (Lipinski definition) is 2. The van der Waals surface area contributed by atoms with Crippen molar-refractivity contribution in [3.8, 4) is 0 Å². The maximum Gasteiger partial charge on any atom is 0.132 e. The van der Waals surface area contributed by atoms with Gasteiger partial charge < -0.3 is 15.0 Å². The van der Waals surface area contributed by atoms with Crippen molar-refractivity contribution < 1.29 is 4.74 Å². The van der Waals surface area contributed by atoms with Gasteiger partial charge in [-0.1, -0.05) is 13.8 Å². The molecule has 0 bridgehead atoms. The van der Waals surface area contributed by atoms with Crippen LogP contribution in [-0.2, 0) is 17.9 Å². The molecule has 0 fully saturated rings. The third-order valence-corrected chi connectivity index (χ3v) is 1.66. The van der Waals surface area contributed by atoms with Crippen LogP contribution in [0.3, 0.4) is 0 Å². The van der Waals surface area contributed by atoms with Gasteiger partial charge in [0.05, 0.1) is 0 Å². The molecule has 0 unspecified atom stereocenters. The predicted octanol–water partition coefficient (Wildman–Crippen LogP) is 1.05. The van der Waals surface area contributed by atoms with E-state index in [-0.39, 0.29) is 0 Å². The second-order valence-corrected chi connectivity index (χ2v) is 3.32. The van der Waals surface area contributed by atoms with Gasteiger partial charge in [0.1, 0.15) is 12.4 Å².